The standard InChI is InChI=1S/C13H22N2OS/c1-4-14-10-7-6-8-11-12(10)17-13(15-11)9(3)16-5-2/h9-10,14H,4-8H2,1-3H3. The van der Waals surface area contributed by atoms with Gasteiger partial charge in [0.15, 0.2) is 0 Å². The molecule has 0 spiro atoms. The van der Waals surface area contributed by atoms with Crippen molar-refractivity contribution in [1.29, 1.82) is 0 Å². The number of hydrogen-bond donors (Lipinski definition) is 1. The van der Waals surface area contributed by atoms with E-state index in [-0.39, 0.29) is 6.10 Å². The van der Waals surface area contributed by atoms with Gasteiger partial charge in [0.1, 0.15) is 11.1 Å². The van der Waals surface area contributed by atoms with Crippen LogP contribution in [0.3, 0.4) is 0 Å². The summed E-state index contributed by atoms with van der Waals surface area (Å²) in [7, 11) is 0. The van der Waals surface area contributed by atoms with Gasteiger partial charge in [-0.1, -0.05) is 6.92 Å². The van der Waals surface area contributed by atoms with Crippen LogP contribution >= 0.6 is 11.3 Å². The van der Waals surface area contributed by atoms with Crippen molar-refractivity contribution >= 4 is 11.3 Å². The largest absolute Gasteiger partial charge is 0.372 e. The third kappa shape index (κ3) is 2.87. The molecule has 0 amide bonds. The van der Waals surface area contributed by atoms with E-state index in [1.165, 1.54) is 23.4 Å². The molecule has 1 aliphatic carbocycles. The molecule has 1 aliphatic rings. The Morgan fingerprint density at radius 2 is 2.35 bits per heavy atom. The van der Waals surface area contributed by atoms with E-state index in [2.05, 4.69) is 19.2 Å². The van der Waals surface area contributed by atoms with E-state index in [0.717, 1.165) is 24.6 Å². The van der Waals surface area contributed by atoms with Gasteiger partial charge in [0.2, 0.25) is 0 Å². The lowest BCUT2D eigenvalue weighted by Gasteiger charge is -2.21. The van der Waals surface area contributed by atoms with Crippen LogP contribution in [0.1, 0.15) is 61.3 Å². The van der Waals surface area contributed by atoms with Crippen molar-refractivity contribution in [3.8, 4) is 0 Å². The number of aromatic nitrogens is 1. The zero-order valence-corrected chi connectivity index (χ0v) is 11.8. The molecule has 0 aromatic carbocycles. The Morgan fingerprint density at radius 3 is 3.06 bits per heavy atom. The number of thiazole rings is 1. The first-order valence-corrected chi connectivity index (χ1v) is 7.42. The Bertz CT molecular complexity index is 364. The molecule has 0 aliphatic heterocycles. The monoisotopic (exact) mass is 254 g/mol. The molecule has 0 saturated heterocycles. The summed E-state index contributed by atoms with van der Waals surface area (Å²) < 4.78 is 5.63. The Balaban J connectivity index is 2.18. The van der Waals surface area contributed by atoms with Crippen LogP contribution in [0.15, 0.2) is 0 Å². The highest BCUT2D eigenvalue weighted by Crippen LogP contribution is 2.36. The van der Waals surface area contributed by atoms with Crippen LogP contribution in [-0.4, -0.2) is 18.1 Å². The van der Waals surface area contributed by atoms with E-state index in [1.807, 2.05) is 18.3 Å². The summed E-state index contributed by atoms with van der Waals surface area (Å²) >= 11 is 1.83. The first-order chi connectivity index (χ1) is 8.26. The van der Waals surface area contributed by atoms with Gasteiger partial charge in [-0.15, -0.1) is 11.3 Å². The molecule has 1 heterocycles. The van der Waals surface area contributed by atoms with Crippen molar-refractivity contribution in [2.75, 3.05) is 13.2 Å². The lowest BCUT2D eigenvalue weighted by atomic mass is 9.98. The molecule has 1 N–H and O–H groups in total. The zero-order valence-electron chi connectivity index (χ0n) is 11.0. The second kappa shape index (κ2) is 5.94. The van der Waals surface area contributed by atoms with Gasteiger partial charge in [0, 0.05) is 17.5 Å². The summed E-state index contributed by atoms with van der Waals surface area (Å²) in [4.78, 5) is 6.20. The quantitative estimate of drug-likeness (QED) is 0.876. The van der Waals surface area contributed by atoms with Crippen LogP contribution in [0.5, 0.6) is 0 Å². The average Bonchev–Trinajstić information content (AvgIpc) is 2.75. The van der Waals surface area contributed by atoms with Crippen LogP contribution in [-0.2, 0) is 11.2 Å². The van der Waals surface area contributed by atoms with Gasteiger partial charge in [0.25, 0.3) is 0 Å². The summed E-state index contributed by atoms with van der Waals surface area (Å²) in [5, 5.41) is 4.69. The summed E-state index contributed by atoms with van der Waals surface area (Å²) in [6.07, 6.45) is 3.76. The van der Waals surface area contributed by atoms with Gasteiger partial charge < -0.3 is 10.1 Å². The first-order valence-electron chi connectivity index (χ1n) is 6.60. The number of rotatable bonds is 5. The summed E-state index contributed by atoms with van der Waals surface area (Å²) in [5.41, 5.74) is 1.30. The lowest BCUT2D eigenvalue weighted by molar-refractivity contribution is 0.0761. The predicted octanol–water partition coefficient (Wildman–Crippen LogP) is 3.23. The summed E-state index contributed by atoms with van der Waals surface area (Å²) in [6, 6.07) is 0.517. The van der Waals surface area contributed by atoms with Crippen molar-refractivity contribution in [1.82, 2.24) is 10.3 Å². The minimum absolute atomic E-state index is 0.137. The molecule has 4 heteroatoms. The Kier molecular flexibility index (Phi) is 4.54. The number of aryl methyl sites for hydroxylation is 1. The third-order valence-corrected chi connectivity index (χ3v) is 4.55. The van der Waals surface area contributed by atoms with E-state index >= 15 is 0 Å². The SMILES string of the molecule is CCNC1CCCc2nc(C(C)OCC)sc21. The van der Waals surface area contributed by atoms with Crippen LogP contribution in [0.25, 0.3) is 0 Å². The number of ether oxygens (including phenoxy) is 1. The fourth-order valence-electron chi connectivity index (χ4n) is 2.37. The third-order valence-electron chi connectivity index (χ3n) is 3.18. The van der Waals surface area contributed by atoms with E-state index in [1.54, 1.807) is 0 Å². The van der Waals surface area contributed by atoms with Crippen LogP contribution in [0, 0.1) is 0 Å². The van der Waals surface area contributed by atoms with Gasteiger partial charge in [-0.25, -0.2) is 4.98 Å². The molecule has 1 aromatic rings. The normalized spacial score (nSPS) is 21.2. The number of hydrogen-bond acceptors (Lipinski definition) is 4. The molecule has 0 fully saturated rings. The minimum atomic E-state index is 0.137. The van der Waals surface area contributed by atoms with Gasteiger partial charge in [-0.05, 0) is 39.7 Å². The van der Waals surface area contributed by atoms with Gasteiger partial charge in [-0.3, -0.25) is 0 Å². The second-order valence-electron chi connectivity index (χ2n) is 4.46. The molecule has 17 heavy (non-hydrogen) atoms. The molecule has 2 unspecified atom stereocenters. The zero-order chi connectivity index (χ0) is 12.3. The van der Waals surface area contributed by atoms with E-state index in [4.69, 9.17) is 9.72 Å². The van der Waals surface area contributed by atoms with Crippen LogP contribution < -0.4 is 5.32 Å². The Labute approximate surface area is 108 Å². The maximum atomic E-state index is 5.63. The first kappa shape index (κ1) is 13.0. The van der Waals surface area contributed by atoms with Crippen molar-refractivity contribution in [3.05, 3.63) is 15.6 Å². The smallest absolute Gasteiger partial charge is 0.122 e. The molecular weight excluding hydrogens is 232 g/mol. The maximum Gasteiger partial charge on any atom is 0.122 e. The molecule has 0 bridgehead atoms. The van der Waals surface area contributed by atoms with Gasteiger partial charge in [-0.2, -0.15) is 0 Å². The predicted molar refractivity (Wildman–Crippen MR) is 71.5 cm³/mol. The fourth-order valence-corrected chi connectivity index (χ4v) is 3.60. The number of nitrogens with zero attached hydrogens (tertiary/aromatic N) is 1. The van der Waals surface area contributed by atoms with Gasteiger partial charge in [0.05, 0.1) is 5.69 Å². The van der Waals surface area contributed by atoms with Crippen LogP contribution in [0.4, 0.5) is 0 Å². The highest BCUT2D eigenvalue weighted by Gasteiger charge is 2.25. The van der Waals surface area contributed by atoms with Gasteiger partial charge >= 0.3 is 0 Å². The average molecular weight is 254 g/mol. The highest BCUT2D eigenvalue weighted by atomic mass is 32.1. The number of nitrogens with one attached hydrogen (secondary N) is 1. The highest BCUT2D eigenvalue weighted by molar-refractivity contribution is 7.11. The van der Waals surface area contributed by atoms with E-state index < -0.39 is 0 Å². The molecule has 0 saturated carbocycles. The van der Waals surface area contributed by atoms with E-state index in [9.17, 15) is 0 Å². The summed E-state index contributed by atoms with van der Waals surface area (Å²) in [6.45, 7) is 8.07. The molecule has 1 aromatic heterocycles. The second-order valence-corrected chi connectivity index (χ2v) is 5.53. The molecule has 0 radical (unpaired) electrons. The van der Waals surface area contributed by atoms with Crippen molar-refractivity contribution in [3.63, 3.8) is 0 Å². The minimum Gasteiger partial charge on any atom is -0.372 e. The van der Waals surface area contributed by atoms with Crippen molar-refractivity contribution in [2.45, 2.75) is 52.2 Å². The Hall–Kier alpha value is -0.450. The molecule has 96 valence electrons. The number of fused-ring (bicyclic) bond motifs is 1. The molecule has 2 rings (SSSR count). The maximum absolute atomic E-state index is 5.63. The molecule has 3 nitrogen and oxygen atoms in total. The van der Waals surface area contributed by atoms with Crippen molar-refractivity contribution < 1.29 is 4.74 Å². The van der Waals surface area contributed by atoms with Crippen LogP contribution in [0.2, 0.25) is 0 Å². The molecular formula is C13H22N2OS. The lowest BCUT2D eigenvalue weighted by Crippen LogP contribution is -2.23. The Morgan fingerprint density at radius 1 is 1.53 bits per heavy atom. The fraction of sp³-hybridized carbons (Fsp3) is 0.769. The van der Waals surface area contributed by atoms with E-state index in [0.29, 0.717) is 6.04 Å². The molecule has 2 atom stereocenters. The topological polar surface area (TPSA) is 34.2 Å². The van der Waals surface area contributed by atoms with Crippen molar-refractivity contribution in [2.24, 2.45) is 0 Å². The summed E-state index contributed by atoms with van der Waals surface area (Å²) in [5.74, 6) is 0.